The van der Waals surface area contributed by atoms with Crippen LogP contribution >= 0.6 is 0 Å². The molecule has 0 rings (SSSR count). The topological polar surface area (TPSA) is 34.1 Å². The van der Waals surface area contributed by atoms with E-state index in [9.17, 15) is 0 Å². The Morgan fingerprint density at radius 1 is 0.833 bits per heavy atom. The Kier molecular flexibility index (Phi) is 184. The molecule has 0 fully saturated rings. The molecule has 0 atom stereocenters. The zero-order valence-corrected chi connectivity index (χ0v) is 7.52. The van der Waals surface area contributed by atoms with E-state index in [0.717, 1.165) is 0 Å². The van der Waals surface area contributed by atoms with Gasteiger partial charge < -0.3 is 0 Å². The summed E-state index contributed by atoms with van der Waals surface area (Å²) in [6, 6.07) is 0. The maximum absolute atomic E-state index is 8.34. The van der Waals surface area contributed by atoms with Crippen LogP contribution in [0.3, 0.4) is 0 Å². The van der Waals surface area contributed by atoms with Crippen LogP contribution in [0, 0.1) is 0 Å². The van der Waals surface area contributed by atoms with E-state index < -0.39 is 0 Å². The van der Waals surface area contributed by atoms with Crippen LogP contribution in [0.5, 0.6) is 0 Å². The minimum absolute atomic E-state index is 0. The molecule has 0 spiro atoms. The van der Waals surface area contributed by atoms with E-state index in [1.165, 1.54) is 0 Å². The molecule has 0 amide bonds. The van der Waals surface area contributed by atoms with Gasteiger partial charge >= 0.3 is 96.8 Å². The van der Waals surface area contributed by atoms with E-state index in [4.69, 9.17) is 6.15 Å². The van der Waals surface area contributed by atoms with Crippen molar-refractivity contribution in [3.05, 3.63) is 0 Å². The van der Waals surface area contributed by atoms with Crippen LogP contribution < -0.4 is 0 Å². The van der Waals surface area contributed by atoms with Gasteiger partial charge in [-0.25, -0.2) is 0 Å². The second-order valence-electron chi connectivity index (χ2n) is 0. The first-order valence-corrected chi connectivity index (χ1v) is 2.74. The fourth-order valence-electron chi connectivity index (χ4n) is 0. The van der Waals surface area contributed by atoms with E-state index in [1.54, 1.807) is 0 Å². The average molecular weight is 460 g/mol. The Morgan fingerprint density at radius 3 is 0.833 bits per heavy atom. The molecule has 0 heterocycles. The molecular weight excluding hydrogens is 454 g/mol. The predicted molar refractivity (Wildman–Crippen MR) is 32.8 cm³/mol. The van der Waals surface area contributed by atoms with Crippen molar-refractivity contribution in [2.24, 2.45) is 0 Å². The van der Waals surface area contributed by atoms with Crippen molar-refractivity contribution >= 4 is 90.7 Å². The van der Waals surface area contributed by atoms with Crippen molar-refractivity contribution in [1.82, 2.24) is 0 Å². The van der Waals surface area contributed by atoms with Gasteiger partial charge in [0.05, 0.1) is 0 Å². The summed E-state index contributed by atoms with van der Waals surface area (Å²) in [6.07, 6.45) is 0. The van der Waals surface area contributed by atoms with Crippen LogP contribution in [-0.2, 0) is 6.15 Å². The van der Waals surface area contributed by atoms with Gasteiger partial charge in [0.2, 0.25) is 0 Å². The van der Waals surface area contributed by atoms with Crippen LogP contribution in [0.2, 0.25) is 0 Å². The summed E-state index contributed by atoms with van der Waals surface area (Å²) in [6.45, 7) is 0. The molecule has 0 saturated carbocycles. The van der Waals surface area contributed by atoms with E-state index in [0.29, 0.717) is 45.0 Å². The summed E-state index contributed by atoms with van der Waals surface area (Å²) < 4.78 is 16.7. The molecule has 0 aliphatic heterocycles. The number of hydrogen-bond acceptors (Lipinski definition) is 2. The maximum atomic E-state index is 8.34. The SMILES string of the molecule is [GaH3].[InH3].[O]=[Sn].[O]=[Sn]. The second kappa shape index (κ2) is 47.4. The quantitative estimate of drug-likeness (QED) is 0.355. The summed E-state index contributed by atoms with van der Waals surface area (Å²) in [4.78, 5) is 0. The molecule has 0 bridgehead atoms. The first kappa shape index (κ1) is 23.3. The van der Waals surface area contributed by atoms with Gasteiger partial charge in [-0.15, -0.1) is 0 Å². The molecule has 6 heavy (non-hydrogen) atoms. The van der Waals surface area contributed by atoms with Crippen LogP contribution in [-0.4, -0.2) is 90.7 Å². The van der Waals surface area contributed by atoms with Crippen molar-refractivity contribution < 1.29 is 6.15 Å². The van der Waals surface area contributed by atoms with E-state index >= 15 is 0 Å². The average Bonchev–Trinajstić information content (AvgIpc) is 1.50. The molecule has 0 aromatic carbocycles. The summed E-state index contributed by atoms with van der Waals surface area (Å²) >= 11 is 0.600. The molecule has 0 unspecified atom stereocenters. The fourth-order valence-corrected chi connectivity index (χ4v) is 0. The van der Waals surface area contributed by atoms with Crippen molar-refractivity contribution in [2.45, 2.75) is 0 Å². The van der Waals surface area contributed by atoms with Crippen molar-refractivity contribution in [1.29, 1.82) is 0 Å². The molecule has 0 aliphatic rings. The van der Waals surface area contributed by atoms with Crippen LogP contribution in [0.4, 0.5) is 0 Å². The normalized spacial score (nSPS) is 1.33. The van der Waals surface area contributed by atoms with Gasteiger partial charge in [0.1, 0.15) is 0 Å². The van der Waals surface area contributed by atoms with E-state index in [-0.39, 0.29) is 45.6 Å². The third-order valence-corrected chi connectivity index (χ3v) is 0. The van der Waals surface area contributed by atoms with Crippen molar-refractivity contribution in [3.8, 4) is 0 Å². The van der Waals surface area contributed by atoms with Gasteiger partial charge in [-0.1, -0.05) is 0 Å². The van der Waals surface area contributed by atoms with Gasteiger partial charge in [0.25, 0.3) is 0 Å². The van der Waals surface area contributed by atoms with Gasteiger partial charge in [-0.05, 0) is 0 Å². The molecule has 32 valence electrons. The summed E-state index contributed by atoms with van der Waals surface area (Å²) in [7, 11) is 0. The predicted octanol–water partition coefficient (Wildman–Crippen LogP) is -3.37. The third-order valence-electron chi connectivity index (χ3n) is 0. The number of hydrogen-bond donors (Lipinski definition) is 0. The first-order valence-electron chi connectivity index (χ1n) is 0.408. The minimum atomic E-state index is 0. The van der Waals surface area contributed by atoms with Gasteiger partial charge in [-0.2, -0.15) is 0 Å². The molecule has 4 radical (unpaired) electrons. The van der Waals surface area contributed by atoms with Crippen molar-refractivity contribution in [3.63, 3.8) is 0 Å². The Balaban J connectivity index is -0.00000000500. The molecule has 0 aliphatic carbocycles. The Bertz CT molecular complexity index is 13.5. The standard InChI is InChI=1S/Ga.In.2O.2Sn.6H. The Hall–Kier alpha value is 2.70. The molecule has 6 heteroatoms. The van der Waals surface area contributed by atoms with Crippen LogP contribution in [0.1, 0.15) is 0 Å². The molecule has 0 saturated heterocycles. The van der Waals surface area contributed by atoms with Crippen molar-refractivity contribution in [2.75, 3.05) is 0 Å². The monoisotopic (exact) mass is 462 g/mol. The second-order valence-corrected chi connectivity index (χ2v) is 0. The Labute approximate surface area is 95.0 Å². The van der Waals surface area contributed by atoms with Gasteiger partial charge in [-0.3, -0.25) is 0 Å². The fraction of sp³-hybridized carbons (Fsp3) is 0. The van der Waals surface area contributed by atoms with Crippen LogP contribution in [0.15, 0.2) is 0 Å². The van der Waals surface area contributed by atoms with E-state index in [2.05, 4.69) is 0 Å². The zero-order valence-electron chi connectivity index (χ0n) is 1.82. The zero-order chi connectivity index (χ0) is 4.00. The summed E-state index contributed by atoms with van der Waals surface area (Å²) in [5.74, 6) is 0. The van der Waals surface area contributed by atoms with Gasteiger partial charge in [0.15, 0.2) is 0 Å². The molecular formula is H6GaInO2Sn2. The first-order chi connectivity index (χ1) is 2.00. The summed E-state index contributed by atoms with van der Waals surface area (Å²) in [5.41, 5.74) is 0. The van der Waals surface area contributed by atoms with E-state index in [1.807, 2.05) is 0 Å². The number of rotatable bonds is 0. The molecule has 0 aromatic heterocycles. The third kappa shape index (κ3) is 29.8. The molecule has 0 N–H and O–H groups in total. The summed E-state index contributed by atoms with van der Waals surface area (Å²) in [5, 5.41) is 0. The van der Waals surface area contributed by atoms with Crippen LogP contribution in [0.25, 0.3) is 0 Å². The Morgan fingerprint density at radius 2 is 0.833 bits per heavy atom. The van der Waals surface area contributed by atoms with Gasteiger partial charge in [0, 0.05) is 0 Å². The molecule has 2 nitrogen and oxygen atoms in total. The molecule has 0 aromatic rings.